The van der Waals surface area contributed by atoms with Crippen LogP contribution in [0.4, 0.5) is 5.69 Å². The number of rotatable bonds is 3. The number of aliphatic hydroxyl groups excluding tert-OH is 1. The lowest BCUT2D eigenvalue weighted by molar-refractivity contribution is -0.132. The van der Waals surface area contributed by atoms with Crippen LogP contribution in [0.15, 0.2) is 96.6 Å². The van der Waals surface area contributed by atoms with Crippen LogP contribution in [0, 0.1) is 13.8 Å². The molecule has 1 saturated heterocycles. The third-order valence-electron chi connectivity index (χ3n) is 6.33. The van der Waals surface area contributed by atoms with E-state index in [0.717, 1.165) is 27.5 Å². The fourth-order valence-electron chi connectivity index (χ4n) is 4.59. The highest BCUT2D eigenvalue weighted by molar-refractivity contribution is 6.51. The number of hydrogen-bond donors (Lipinski definition) is 1. The van der Waals surface area contributed by atoms with Gasteiger partial charge in [0.05, 0.1) is 11.6 Å². The summed E-state index contributed by atoms with van der Waals surface area (Å²) >= 11 is 0. The van der Waals surface area contributed by atoms with E-state index in [2.05, 4.69) is 0 Å². The van der Waals surface area contributed by atoms with Crippen LogP contribution in [0.25, 0.3) is 16.5 Å². The van der Waals surface area contributed by atoms with E-state index in [1.807, 2.05) is 98.8 Å². The van der Waals surface area contributed by atoms with Gasteiger partial charge in [0.15, 0.2) is 0 Å². The lowest BCUT2D eigenvalue weighted by atomic mass is 9.92. The molecule has 0 aromatic heterocycles. The number of para-hydroxylation sites is 1. The number of carbonyl (C=O) groups excluding carboxylic acids is 2. The second kappa shape index (κ2) is 8.06. The zero-order chi connectivity index (χ0) is 23.1. The summed E-state index contributed by atoms with van der Waals surface area (Å²) in [4.78, 5) is 28.2. The number of fused-ring (bicyclic) bond motifs is 1. The number of anilines is 1. The molecule has 4 nitrogen and oxygen atoms in total. The Morgan fingerprint density at radius 3 is 2.12 bits per heavy atom. The van der Waals surface area contributed by atoms with E-state index in [1.165, 1.54) is 4.90 Å². The van der Waals surface area contributed by atoms with Crippen molar-refractivity contribution in [3.05, 3.63) is 119 Å². The summed E-state index contributed by atoms with van der Waals surface area (Å²) in [6.07, 6.45) is 0. The highest BCUT2D eigenvalue weighted by Gasteiger charge is 2.47. The topological polar surface area (TPSA) is 57.6 Å². The zero-order valence-corrected chi connectivity index (χ0v) is 18.4. The maximum Gasteiger partial charge on any atom is 0.300 e. The molecule has 5 rings (SSSR count). The van der Waals surface area contributed by atoms with Crippen molar-refractivity contribution in [3.8, 4) is 0 Å². The smallest absolute Gasteiger partial charge is 0.300 e. The number of hydrogen-bond acceptors (Lipinski definition) is 3. The summed E-state index contributed by atoms with van der Waals surface area (Å²) in [7, 11) is 0. The molecule has 4 aromatic rings. The van der Waals surface area contributed by atoms with Gasteiger partial charge in [-0.15, -0.1) is 0 Å². The van der Waals surface area contributed by atoms with Crippen LogP contribution < -0.4 is 4.90 Å². The third kappa shape index (κ3) is 3.40. The number of ketones is 1. The van der Waals surface area contributed by atoms with E-state index in [0.29, 0.717) is 11.3 Å². The van der Waals surface area contributed by atoms with Gasteiger partial charge in [0, 0.05) is 11.3 Å². The summed E-state index contributed by atoms with van der Waals surface area (Å²) in [5, 5.41) is 13.4. The summed E-state index contributed by atoms with van der Waals surface area (Å²) in [6, 6.07) is 27.8. The average Bonchev–Trinajstić information content (AvgIpc) is 3.09. The number of Topliss-reactive ketones (excluding diaryl/α,β-unsaturated/α-hetero) is 1. The van der Waals surface area contributed by atoms with Gasteiger partial charge in [-0.05, 0) is 53.4 Å². The number of benzene rings is 4. The molecule has 0 radical (unpaired) electrons. The predicted octanol–water partition coefficient (Wildman–Crippen LogP) is 6.08. The number of carbonyl (C=O) groups is 2. The van der Waals surface area contributed by atoms with Gasteiger partial charge in [0.1, 0.15) is 5.76 Å². The molecule has 1 aliphatic rings. The second-order valence-corrected chi connectivity index (χ2v) is 8.37. The van der Waals surface area contributed by atoms with Crippen LogP contribution >= 0.6 is 0 Å². The Morgan fingerprint density at radius 2 is 1.39 bits per heavy atom. The van der Waals surface area contributed by atoms with E-state index in [-0.39, 0.29) is 11.3 Å². The number of aryl methyl sites for hydroxylation is 2. The zero-order valence-electron chi connectivity index (χ0n) is 18.4. The monoisotopic (exact) mass is 433 g/mol. The van der Waals surface area contributed by atoms with Crippen molar-refractivity contribution >= 4 is 33.9 Å². The Balaban J connectivity index is 1.77. The highest BCUT2D eigenvalue weighted by atomic mass is 16.3. The minimum Gasteiger partial charge on any atom is -0.507 e. The minimum atomic E-state index is -0.723. The molecule has 1 heterocycles. The number of nitrogens with zero attached hydrogens (tertiary/aromatic N) is 1. The summed E-state index contributed by atoms with van der Waals surface area (Å²) in [5.41, 5.74) is 3.90. The average molecular weight is 434 g/mol. The van der Waals surface area contributed by atoms with Crippen LogP contribution in [0.5, 0.6) is 0 Å². The Labute approximate surface area is 192 Å². The van der Waals surface area contributed by atoms with Crippen molar-refractivity contribution in [1.82, 2.24) is 0 Å². The quantitative estimate of drug-likeness (QED) is 0.242. The van der Waals surface area contributed by atoms with Crippen molar-refractivity contribution in [1.29, 1.82) is 0 Å². The first kappa shape index (κ1) is 20.7. The van der Waals surface area contributed by atoms with E-state index < -0.39 is 17.7 Å². The normalized spacial score (nSPS) is 17.6. The molecule has 1 unspecified atom stereocenters. The van der Waals surface area contributed by atoms with Crippen molar-refractivity contribution in [2.75, 3.05) is 4.90 Å². The number of amides is 1. The highest BCUT2D eigenvalue weighted by Crippen LogP contribution is 2.44. The molecule has 1 atom stereocenters. The van der Waals surface area contributed by atoms with E-state index in [4.69, 9.17) is 0 Å². The van der Waals surface area contributed by atoms with E-state index >= 15 is 0 Å². The Morgan fingerprint density at radius 1 is 0.758 bits per heavy atom. The van der Waals surface area contributed by atoms with Gasteiger partial charge in [0.2, 0.25) is 0 Å². The molecule has 4 aromatic carbocycles. The van der Waals surface area contributed by atoms with Gasteiger partial charge in [0.25, 0.3) is 11.7 Å². The molecule has 0 spiro atoms. The van der Waals surface area contributed by atoms with Crippen LogP contribution in [-0.4, -0.2) is 16.8 Å². The SMILES string of the molecule is Cc1ccccc1C1/C(=C(\O)c2ccc3ccccc3c2)C(=O)C(=O)N1c1ccccc1C. The standard InChI is InChI=1S/C29H23NO3/c1-18-9-3-7-13-23(18)26-25(27(31)22-16-15-20-11-5-6-12-21(20)17-22)28(32)29(33)30(26)24-14-8-4-10-19(24)2/h3-17,26,31H,1-2H3/b27-25+. The Bertz CT molecular complexity index is 1450. The van der Waals surface area contributed by atoms with Crippen molar-refractivity contribution in [2.24, 2.45) is 0 Å². The molecule has 1 fully saturated rings. The van der Waals surface area contributed by atoms with Crippen LogP contribution in [0.1, 0.15) is 28.3 Å². The Kier molecular flexibility index (Phi) is 5.06. The summed E-state index contributed by atoms with van der Waals surface area (Å²) in [5.74, 6) is -1.49. The van der Waals surface area contributed by atoms with Crippen LogP contribution in [0.3, 0.4) is 0 Å². The van der Waals surface area contributed by atoms with Gasteiger partial charge in [-0.1, -0.05) is 78.9 Å². The fourth-order valence-corrected chi connectivity index (χ4v) is 4.59. The molecule has 1 aliphatic heterocycles. The molecule has 0 aliphatic carbocycles. The lowest BCUT2D eigenvalue weighted by Crippen LogP contribution is -2.30. The van der Waals surface area contributed by atoms with Crippen LogP contribution in [-0.2, 0) is 9.59 Å². The first-order chi connectivity index (χ1) is 16.0. The molecular weight excluding hydrogens is 410 g/mol. The molecule has 4 heteroatoms. The van der Waals surface area contributed by atoms with E-state index in [9.17, 15) is 14.7 Å². The Hall–Kier alpha value is -4.18. The molecule has 1 N–H and O–H groups in total. The molecule has 33 heavy (non-hydrogen) atoms. The predicted molar refractivity (Wildman–Crippen MR) is 131 cm³/mol. The van der Waals surface area contributed by atoms with Gasteiger partial charge in [-0.2, -0.15) is 0 Å². The second-order valence-electron chi connectivity index (χ2n) is 8.37. The first-order valence-electron chi connectivity index (χ1n) is 10.9. The maximum absolute atomic E-state index is 13.4. The summed E-state index contributed by atoms with van der Waals surface area (Å²) in [6.45, 7) is 3.86. The summed E-state index contributed by atoms with van der Waals surface area (Å²) < 4.78 is 0. The van der Waals surface area contributed by atoms with Crippen molar-refractivity contribution < 1.29 is 14.7 Å². The fraction of sp³-hybridized carbons (Fsp3) is 0.103. The molecule has 1 amide bonds. The maximum atomic E-state index is 13.4. The van der Waals surface area contributed by atoms with Gasteiger partial charge in [-0.3, -0.25) is 14.5 Å². The minimum absolute atomic E-state index is 0.104. The number of aliphatic hydroxyl groups is 1. The first-order valence-corrected chi connectivity index (χ1v) is 10.9. The molecule has 0 saturated carbocycles. The van der Waals surface area contributed by atoms with Gasteiger partial charge < -0.3 is 5.11 Å². The molecular formula is C29H23NO3. The van der Waals surface area contributed by atoms with E-state index in [1.54, 1.807) is 6.07 Å². The van der Waals surface area contributed by atoms with Gasteiger partial charge >= 0.3 is 0 Å². The molecule has 0 bridgehead atoms. The largest absolute Gasteiger partial charge is 0.507 e. The molecule has 162 valence electrons. The van der Waals surface area contributed by atoms with Crippen molar-refractivity contribution in [2.45, 2.75) is 19.9 Å². The third-order valence-corrected chi connectivity index (χ3v) is 6.33. The van der Waals surface area contributed by atoms with Crippen LogP contribution in [0.2, 0.25) is 0 Å². The van der Waals surface area contributed by atoms with Gasteiger partial charge in [-0.25, -0.2) is 0 Å². The lowest BCUT2D eigenvalue weighted by Gasteiger charge is -2.27. The van der Waals surface area contributed by atoms with Crippen molar-refractivity contribution in [3.63, 3.8) is 0 Å².